The topological polar surface area (TPSA) is 59.9 Å². The van der Waals surface area contributed by atoms with Crippen LogP contribution in [0.25, 0.3) is 0 Å². The van der Waals surface area contributed by atoms with Gasteiger partial charge in [-0.2, -0.15) is 0 Å². The van der Waals surface area contributed by atoms with E-state index in [1.54, 1.807) is 31.8 Å². The fraction of sp³-hybridized carbons (Fsp3) is 0.357. The number of halogens is 1. The monoisotopic (exact) mass is 554 g/mol. The molecule has 0 fully saturated rings. The molecule has 184 valence electrons. The van der Waals surface area contributed by atoms with Crippen LogP contribution in [0.5, 0.6) is 11.5 Å². The van der Waals surface area contributed by atoms with E-state index < -0.39 is 0 Å². The normalized spacial score (nSPS) is 15.7. The summed E-state index contributed by atoms with van der Waals surface area (Å²) in [4.78, 5) is 19.6. The molecule has 35 heavy (non-hydrogen) atoms. The van der Waals surface area contributed by atoms with Crippen LogP contribution < -0.4 is 14.8 Å². The lowest BCUT2D eigenvalue weighted by Gasteiger charge is -2.33. The zero-order chi connectivity index (χ0) is 25.2. The molecule has 0 unspecified atom stereocenters. The summed E-state index contributed by atoms with van der Waals surface area (Å²) in [6, 6.07) is 13.2. The molecule has 1 amide bonds. The number of fused-ring (bicyclic) bond motifs is 1. The predicted molar refractivity (Wildman–Crippen MR) is 148 cm³/mol. The van der Waals surface area contributed by atoms with Crippen molar-refractivity contribution in [1.82, 2.24) is 0 Å². The first-order valence-electron chi connectivity index (χ1n) is 11.7. The predicted octanol–water partition coefficient (Wildman–Crippen LogP) is 7.68. The Kier molecular flexibility index (Phi) is 7.67. The highest BCUT2D eigenvalue weighted by molar-refractivity contribution is 9.10. The molecule has 0 saturated heterocycles. The summed E-state index contributed by atoms with van der Waals surface area (Å²) in [6.45, 7) is 6.89. The quantitative estimate of drug-likeness (QED) is 0.318. The average Bonchev–Trinajstić information content (AvgIpc) is 3.21. The van der Waals surface area contributed by atoms with E-state index in [1.807, 2.05) is 42.5 Å². The van der Waals surface area contributed by atoms with Crippen LogP contribution in [-0.4, -0.2) is 26.3 Å². The summed E-state index contributed by atoms with van der Waals surface area (Å²) < 4.78 is 11.8. The maximum Gasteiger partial charge on any atom is 0.259 e. The number of amides is 1. The van der Waals surface area contributed by atoms with Crippen LogP contribution in [0.15, 0.2) is 51.9 Å². The maximum absolute atomic E-state index is 13.5. The summed E-state index contributed by atoms with van der Waals surface area (Å²) in [5, 5.41) is 3.80. The van der Waals surface area contributed by atoms with Gasteiger partial charge in [-0.15, -0.1) is 11.3 Å². The summed E-state index contributed by atoms with van der Waals surface area (Å²) >= 11 is 5.08. The average molecular weight is 556 g/mol. The molecule has 7 heteroatoms. The molecule has 1 heterocycles. The van der Waals surface area contributed by atoms with Gasteiger partial charge in [0.05, 0.1) is 19.8 Å². The van der Waals surface area contributed by atoms with Gasteiger partial charge in [-0.05, 0) is 78.6 Å². The molecule has 0 spiro atoms. The molecule has 0 bridgehead atoms. The number of thiophene rings is 1. The third-order valence-corrected chi connectivity index (χ3v) is 8.25. The number of methoxy groups -OCH3 is 2. The molecule has 4 rings (SSSR count). The third kappa shape index (κ3) is 5.78. The highest BCUT2D eigenvalue weighted by Gasteiger charge is 2.33. The Hall–Kier alpha value is -2.64. The molecule has 2 aromatic carbocycles. The Morgan fingerprint density at radius 3 is 2.54 bits per heavy atom. The number of rotatable bonds is 6. The number of hydrogen-bond acceptors (Lipinski definition) is 5. The molecule has 0 radical (unpaired) electrons. The van der Waals surface area contributed by atoms with Crippen LogP contribution in [0, 0.1) is 11.3 Å². The molecule has 3 aromatic rings. The van der Waals surface area contributed by atoms with Gasteiger partial charge in [-0.3, -0.25) is 4.79 Å². The van der Waals surface area contributed by atoms with Crippen LogP contribution in [0.3, 0.4) is 0 Å². The van der Waals surface area contributed by atoms with E-state index in [0.29, 0.717) is 17.2 Å². The van der Waals surface area contributed by atoms with Crippen molar-refractivity contribution < 1.29 is 14.3 Å². The van der Waals surface area contributed by atoms with Crippen molar-refractivity contribution in [3.05, 3.63) is 68.5 Å². The maximum atomic E-state index is 13.5. The standard InChI is InChI=1S/C28H31BrN2O3S/c1-28(2,3)18-6-12-22-24(15-18)35-27(25(22)26(32)31-20-9-7-19(29)8-10-20)30-16-17-14-21(33-4)11-13-23(17)34-5/h7-11,13-14,16,18H,6,12,15H2,1-5H3,(H,31,32)/t18-/m1/s1. The van der Waals surface area contributed by atoms with Crippen molar-refractivity contribution in [2.45, 2.75) is 40.0 Å². The highest BCUT2D eigenvalue weighted by Crippen LogP contribution is 2.45. The van der Waals surface area contributed by atoms with Crippen molar-refractivity contribution in [2.75, 3.05) is 19.5 Å². The second-order valence-corrected chi connectivity index (χ2v) is 11.8. The molecular weight excluding hydrogens is 524 g/mol. The van der Waals surface area contributed by atoms with E-state index in [1.165, 1.54) is 4.88 Å². The molecule has 1 aromatic heterocycles. The number of carbonyl (C=O) groups is 1. The van der Waals surface area contributed by atoms with Crippen molar-refractivity contribution in [3.63, 3.8) is 0 Å². The number of ether oxygens (including phenoxy) is 2. The second kappa shape index (κ2) is 10.5. The van der Waals surface area contributed by atoms with Crippen LogP contribution in [0.4, 0.5) is 10.7 Å². The van der Waals surface area contributed by atoms with Crippen molar-refractivity contribution in [1.29, 1.82) is 0 Å². The van der Waals surface area contributed by atoms with Crippen molar-refractivity contribution >= 4 is 50.1 Å². The lowest BCUT2D eigenvalue weighted by atomic mass is 9.72. The third-order valence-electron chi connectivity index (χ3n) is 6.56. The SMILES string of the molecule is COc1ccc(OC)c(C=Nc2sc3c(c2C(=O)Nc2ccc(Br)cc2)CC[C@@H](C(C)(C)C)C3)c1. The number of carbonyl (C=O) groups excluding carboxylic acids is 1. The fourth-order valence-electron chi connectivity index (χ4n) is 4.43. The van der Waals surface area contributed by atoms with Gasteiger partial charge in [0.15, 0.2) is 0 Å². The van der Waals surface area contributed by atoms with Gasteiger partial charge < -0.3 is 14.8 Å². The Balaban J connectivity index is 1.73. The number of benzene rings is 2. The minimum atomic E-state index is -0.121. The van der Waals surface area contributed by atoms with Crippen LogP contribution in [0.2, 0.25) is 0 Å². The Bertz CT molecular complexity index is 1240. The fourth-order valence-corrected chi connectivity index (χ4v) is 5.96. The Morgan fingerprint density at radius 2 is 1.89 bits per heavy atom. The number of nitrogens with zero attached hydrogens (tertiary/aromatic N) is 1. The largest absolute Gasteiger partial charge is 0.497 e. The number of aliphatic imine (C=N–C) groups is 1. The van der Waals surface area contributed by atoms with E-state index in [2.05, 4.69) is 42.0 Å². The number of anilines is 1. The van der Waals surface area contributed by atoms with Crippen LogP contribution in [0.1, 0.15) is 53.6 Å². The van der Waals surface area contributed by atoms with E-state index in [0.717, 1.165) is 51.3 Å². The van der Waals surface area contributed by atoms with Gasteiger partial charge >= 0.3 is 0 Å². The van der Waals surface area contributed by atoms with Crippen LogP contribution >= 0.6 is 27.3 Å². The number of hydrogen-bond donors (Lipinski definition) is 1. The Morgan fingerprint density at radius 1 is 1.14 bits per heavy atom. The van der Waals surface area contributed by atoms with Gasteiger partial charge in [0.2, 0.25) is 0 Å². The zero-order valence-corrected chi connectivity index (χ0v) is 23.2. The summed E-state index contributed by atoms with van der Waals surface area (Å²) in [7, 11) is 3.26. The van der Waals surface area contributed by atoms with E-state index in [9.17, 15) is 4.79 Å². The van der Waals surface area contributed by atoms with Gasteiger partial charge in [-0.1, -0.05) is 36.7 Å². The molecular formula is C28H31BrN2O3S. The lowest BCUT2D eigenvalue weighted by Crippen LogP contribution is -2.27. The Labute approximate surface area is 219 Å². The first-order chi connectivity index (χ1) is 16.7. The first kappa shape index (κ1) is 25.5. The van der Waals surface area contributed by atoms with Crippen molar-refractivity contribution in [2.24, 2.45) is 16.3 Å². The van der Waals surface area contributed by atoms with Gasteiger partial charge in [-0.25, -0.2) is 4.99 Å². The molecule has 1 aliphatic carbocycles. The lowest BCUT2D eigenvalue weighted by molar-refractivity contribution is 0.102. The highest BCUT2D eigenvalue weighted by atomic mass is 79.9. The number of nitrogens with one attached hydrogen (secondary N) is 1. The van der Waals surface area contributed by atoms with Crippen LogP contribution in [-0.2, 0) is 12.8 Å². The molecule has 1 aliphatic rings. The van der Waals surface area contributed by atoms with E-state index >= 15 is 0 Å². The summed E-state index contributed by atoms with van der Waals surface area (Å²) in [6.07, 6.45) is 4.68. The molecule has 1 N–H and O–H groups in total. The van der Waals surface area contributed by atoms with E-state index in [-0.39, 0.29) is 11.3 Å². The smallest absolute Gasteiger partial charge is 0.259 e. The van der Waals surface area contributed by atoms with E-state index in [4.69, 9.17) is 14.5 Å². The second-order valence-electron chi connectivity index (χ2n) is 9.82. The van der Waals surface area contributed by atoms with Crippen molar-refractivity contribution in [3.8, 4) is 11.5 Å². The summed E-state index contributed by atoms with van der Waals surface area (Å²) in [5.74, 6) is 1.87. The zero-order valence-electron chi connectivity index (χ0n) is 20.8. The molecule has 1 atom stereocenters. The molecule has 0 saturated carbocycles. The molecule has 5 nitrogen and oxygen atoms in total. The van der Waals surface area contributed by atoms with Gasteiger partial charge in [0, 0.05) is 26.8 Å². The first-order valence-corrected chi connectivity index (χ1v) is 13.3. The minimum absolute atomic E-state index is 0.121. The molecule has 0 aliphatic heterocycles. The minimum Gasteiger partial charge on any atom is -0.497 e. The van der Waals surface area contributed by atoms with Gasteiger partial charge in [0.25, 0.3) is 5.91 Å². The van der Waals surface area contributed by atoms with Gasteiger partial charge in [0.1, 0.15) is 16.5 Å². The summed E-state index contributed by atoms with van der Waals surface area (Å²) in [5.41, 5.74) is 3.59.